The number of fused-ring (bicyclic) bond motifs is 1. The number of nitrogens with one attached hydrogen (secondary N) is 1. The molecule has 21 heavy (non-hydrogen) atoms. The Morgan fingerprint density at radius 3 is 2.24 bits per heavy atom. The first-order chi connectivity index (χ1) is 10.0. The van der Waals surface area contributed by atoms with Crippen LogP contribution < -0.4 is 5.32 Å². The number of carboxylic acid groups (broad SMARTS) is 1. The van der Waals surface area contributed by atoms with Crippen LogP contribution in [0.5, 0.6) is 0 Å². The van der Waals surface area contributed by atoms with Gasteiger partial charge in [-0.15, -0.1) is 0 Å². The second kappa shape index (κ2) is 5.95. The van der Waals surface area contributed by atoms with E-state index >= 15 is 0 Å². The van der Waals surface area contributed by atoms with E-state index in [0.29, 0.717) is 18.4 Å². The van der Waals surface area contributed by atoms with Crippen molar-refractivity contribution < 1.29 is 14.7 Å². The number of carbonyl (C=O) groups is 2. The van der Waals surface area contributed by atoms with E-state index in [2.05, 4.69) is 5.32 Å². The normalized spacial score (nSPS) is 11.3. The highest BCUT2D eigenvalue weighted by molar-refractivity contribution is 6.01. The molecule has 2 N–H and O–H groups in total. The fourth-order valence-electron chi connectivity index (χ4n) is 2.40. The third kappa shape index (κ3) is 2.89. The van der Waals surface area contributed by atoms with E-state index in [-0.39, 0.29) is 5.91 Å². The van der Waals surface area contributed by atoms with Gasteiger partial charge in [-0.05, 0) is 35.7 Å². The zero-order valence-corrected chi connectivity index (χ0v) is 12.2. The molecule has 0 fully saturated rings. The maximum Gasteiger partial charge on any atom is 0.329 e. The largest absolute Gasteiger partial charge is 0.480 e. The molecule has 1 amide bonds. The highest BCUT2D eigenvalue weighted by atomic mass is 16.4. The van der Waals surface area contributed by atoms with Crippen LogP contribution in [0.1, 0.15) is 37.0 Å². The van der Waals surface area contributed by atoms with Crippen molar-refractivity contribution in [1.82, 2.24) is 5.32 Å². The maximum atomic E-state index is 12.4. The van der Waals surface area contributed by atoms with E-state index in [1.54, 1.807) is 26.0 Å². The zero-order valence-electron chi connectivity index (χ0n) is 12.2. The molecule has 0 radical (unpaired) electrons. The third-order valence-corrected chi connectivity index (χ3v) is 3.98. The van der Waals surface area contributed by atoms with Crippen molar-refractivity contribution in [2.24, 2.45) is 0 Å². The summed E-state index contributed by atoms with van der Waals surface area (Å²) in [5.74, 6) is -1.35. The number of amides is 1. The molecule has 2 rings (SSSR count). The maximum absolute atomic E-state index is 12.4. The molecule has 0 aliphatic rings. The van der Waals surface area contributed by atoms with E-state index in [9.17, 15) is 14.7 Å². The van der Waals surface area contributed by atoms with Gasteiger partial charge in [-0.2, -0.15) is 0 Å². The summed E-state index contributed by atoms with van der Waals surface area (Å²) in [7, 11) is 0. The van der Waals surface area contributed by atoms with Gasteiger partial charge in [0.1, 0.15) is 5.54 Å². The number of aliphatic carboxylic acids is 1. The van der Waals surface area contributed by atoms with E-state index in [1.807, 2.05) is 30.3 Å². The fourth-order valence-corrected chi connectivity index (χ4v) is 2.40. The molecule has 0 heterocycles. The minimum absolute atomic E-state index is 0.345. The molecule has 0 aliphatic carbocycles. The van der Waals surface area contributed by atoms with Gasteiger partial charge in [-0.3, -0.25) is 4.79 Å². The molecular weight excluding hydrogens is 266 g/mol. The minimum Gasteiger partial charge on any atom is -0.480 e. The van der Waals surface area contributed by atoms with Crippen molar-refractivity contribution in [3.8, 4) is 0 Å². The van der Waals surface area contributed by atoms with Crippen LogP contribution in [0.3, 0.4) is 0 Å². The molecule has 0 atom stereocenters. The van der Waals surface area contributed by atoms with Gasteiger partial charge in [0.2, 0.25) is 0 Å². The van der Waals surface area contributed by atoms with Gasteiger partial charge in [-0.25, -0.2) is 4.79 Å². The molecule has 2 aromatic carbocycles. The lowest BCUT2D eigenvalue weighted by molar-refractivity contribution is -0.144. The number of hydrogen-bond acceptors (Lipinski definition) is 2. The first kappa shape index (κ1) is 15.0. The van der Waals surface area contributed by atoms with Crippen LogP contribution >= 0.6 is 0 Å². The van der Waals surface area contributed by atoms with Crippen LogP contribution in [0.25, 0.3) is 10.8 Å². The Labute approximate surface area is 123 Å². The van der Waals surface area contributed by atoms with E-state index in [4.69, 9.17) is 0 Å². The Morgan fingerprint density at radius 2 is 1.67 bits per heavy atom. The zero-order chi connectivity index (χ0) is 15.5. The number of carboxylic acids is 1. The summed E-state index contributed by atoms with van der Waals surface area (Å²) in [5, 5.41) is 14.1. The van der Waals surface area contributed by atoms with Gasteiger partial charge in [0, 0.05) is 5.56 Å². The van der Waals surface area contributed by atoms with Gasteiger partial charge in [-0.1, -0.05) is 44.2 Å². The lowest BCUT2D eigenvalue weighted by Gasteiger charge is -2.28. The molecule has 2 aromatic rings. The molecule has 4 nitrogen and oxygen atoms in total. The Morgan fingerprint density at radius 1 is 1.05 bits per heavy atom. The SMILES string of the molecule is CCC(CC)(NC(=O)c1ccc2ccccc2c1)C(=O)O. The summed E-state index contributed by atoms with van der Waals surface area (Å²) in [6.07, 6.45) is 0.691. The average molecular weight is 285 g/mol. The van der Waals surface area contributed by atoms with E-state index in [1.165, 1.54) is 0 Å². The molecule has 0 aromatic heterocycles. The molecule has 0 bridgehead atoms. The van der Waals surface area contributed by atoms with Crippen molar-refractivity contribution in [3.05, 3.63) is 48.0 Å². The molecule has 110 valence electrons. The summed E-state index contributed by atoms with van der Waals surface area (Å²) in [4.78, 5) is 23.8. The standard InChI is InChI=1S/C17H19NO3/c1-3-17(4-2,16(20)21)18-15(19)14-10-9-12-7-5-6-8-13(12)11-14/h5-11H,3-4H2,1-2H3,(H,18,19)(H,20,21). The lowest BCUT2D eigenvalue weighted by Crippen LogP contribution is -2.53. The molecule has 4 heteroatoms. The average Bonchev–Trinajstić information content (AvgIpc) is 2.51. The van der Waals surface area contributed by atoms with Crippen molar-refractivity contribution in [3.63, 3.8) is 0 Å². The van der Waals surface area contributed by atoms with Crippen LogP contribution in [-0.2, 0) is 4.79 Å². The number of carbonyl (C=O) groups excluding carboxylic acids is 1. The summed E-state index contributed by atoms with van der Waals surface area (Å²) in [6, 6.07) is 13.1. The van der Waals surface area contributed by atoms with Gasteiger partial charge in [0.15, 0.2) is 0 Å². The van der Waals surface area contributed by atoms with Crippen molar-refractivity contribution in [2.45, 2.75) is 32.2 Å². The second-order valence-corrected chi connectivity index (χ2v) is 5.11. The summed E-state index contributed by atoms with van der Waals surface area (Å²) in [6.45, 7) is 3.52. The molecule has 0 aliphatic heterocycles. The smallest absolute Gasteiger partial charge is 0.329 e. The molecular formula is C17H19NO3. The Balaban J connectivity index is 2.31. The first-order valence-corrected chi connectivity index (χ1v) is 7.07. The van der Waals surface area contributed by atoms with Crippen LogP contribution in [0.4, 0.5) is 0 Å². The summed E-state index contributed by atoms with van der Waals surface area (Å²) >= 11 is 0. The minimum atomic E-state index is -1.21. The lowest BCUT2D eigenvalue weighted by atomic mass is 9.92. The number of rotatable bonds is 5. The topological polar surface area (TPSA) is 66.4 Å². The quantitative estimate of drug-likeness (QED) is 0.886. The van der Waals surface area contributed by atoms with E-state index in [0.717, 1.165) is 10.8 Å². The summed E-state index contributed by atoms with van der Waals surface area (Å²) < 4.78 is 0. The predicted molar refractivity (Wildman–Crippen MR) is 82.4 cm³/mol. The monoisotopic (exact) mass is 285 g/mol. The van der Waals surface area contributed by atoms with Crippen LogP contribution in [0.2, 0.25) is 0 Å². The fraction of sp³-hybridized carbons (Fsp3) is 0.294. The van der Waals surface area contributed by atoms with Crippen LogP contribution in [0.15, 0.2) is 42.5 Å². The van der Waals surface area contributed by atoms with Gasteiger partial charge < -0.3 is 10.4 Å². The van der Waals surface area contributed by atoms with Crippen molar-refractivity contribution in [2.75, 3.05) is 0 Å². The Bertz CT molecular complexity index is 675. The van der Waals surface area contributed by atoms with Crippen molar-refractivity contribution >= 4 is 22.6 Å². The van der Waals surface area contributed by atoms with Gasteiger partial charge >= 0.3 is 5.97 Å². The highest BCUT2D eigenvalue weighted by Gasteiger charge is 2.36. The molecule has 0 saturated heterocycles. The van der Waals surface area contributed by atoms with Crippen LogP contribution in [-0.4, -0.2) is 22.5 Å². The number of hydrogen-bond donors (Lipinski definition) is 2. The number of benzene rings is 2. The molecule has 0 spiro atoms. The predicted octanol–water partition coefficient (Wildman–Crippen LogP) is 3.21. The van der Waals surface area contributed by atoms with Gasteiger partial charge in [0.05, 0.1) is 0 Å². The van der Waals surface area contributed by atoms with Gasteiger partial charge in [0.25, 0.3) is 5.91 Å². The summed E-state index contributed by atoms with van der Waals surface area (Å²) in [5.41, 5.74) is -0.732. The second-order valence-electron chi connectivity index (χ2n) is 5.11. The third-order valence-electron chi connectivity index (χ3n) is 3.98. The molecule has 0 unspecified atom stereocenters. The Kier molecular flexibility index (Phi) is 4.26. The molecule has 0 saturated carbocycles. The highest BCUT2D eigenvalue weighted by Crippen LogP contribution is 2.19. The Hall–Kier alpha value is -2.36. The first-order valence-electron chi connectivity index (χ1n) is 7.07. The van der Waals surface area contributed by atoms with Crippen molar-refractivity contribution in [1.29, 1.82) is 0 Å². The van der Waals surface area contributed by atoms with Crippen LogP contribution in [0, 0.1) is 0 Å². The van der Waals surface area contributed by atoms with E-state index < -0.39 is 11.5 Å².